The van der Waals surface area contributed by atoms with E-state index in [4.69, 9.17) is 11.6 Å². The van der Waals surface area contributed by atoms with Crippen molar-refractivity contribution in [1.29, 1.82) is 0 Å². The number of hydrogen-bond acceptors (Lipinski definition) is 3. The largest absolute Gasteiger partial charge is 0.328 e. The molecule has 0 aliphatic heterocycles. The van der Waals surface area contributed by atoms with Gasteiger partial charge in [-0.25, -0.2) is 4.79 Å². The van der Waals surface area contributed by atoms with Crippen LogP contribution >= 0.6 is 11.6 Å². The number of H-pyrrole nitrogens is 1. The van der Waals surface area contributed by atoms with E-state index in [9.17, 15) is 14.4 Å². The van der Waals surface area contributed by atoms with Crippen LogP contribution in [0.3, 0.4) is 0 Å². The molecule has 0 atom stereocenters. The molecule has 0 saturated carbocycles. The summed E-state index contributed by atoms with van der Waals surface area (Å²) in [5, 5.41) is 3.17. The Morgan fingerprint density at radius 1 is 1.21 bits per heavy atom. The predicted molar refractivity (Wildman–Crippen MR) is 71.4 cm³/mol. The van der Waals surface area contributed by atoms with Gasteiger partial charge in [-0.1, -0.05) is 11.6 Å². The number of amides is 1. The highest BCUT2D eigenvalue weighted by Gasteiger charge is 2.05. The molecule has 7 heteroatoms. The van der Waals surface area contributed by atoms with Crippen molar-refractivity contribution in [2.24, 2.45) is 0 Å². The van der Waals surface area contributed by atoms with Crippen LogP contribution in [-0.2, 0) is 11.3 Å². The third kappa shape index (κ3) is 3.56. The molecule has 19 heavy (non-hydrogen) atoms. The number of aromatic amines is 1. The lowest BCUT2D eigenvalue weighted by molar-refractivity contribution is -0.116. The minimum Gasteiger partial charge on any atom is -0.325 e. The number of carbonyl (C=O) groups excluding carboxylic acids is 1. The Morgan fingerprint density at radius 3 is 2.53 bits per heavy atom. The van der Waals surface area contributed by atoms with E-state index in [1.165, 1.54) is 12.3 Å². The van der Waals surface area contributed by atoms with Crippen molar-refractivity contribution in [3.63, 3.8) is 0 Å². The summed E-state index contributed by atoms with van der Waals surface area (Å²) < 4.78 is 1.10. The molecule has 0 aliphatic carbocycles. The Morgan fingerprint density at radius 2 is 1.89 bits per heavy atom. The molecule has 0 unspecified atom stereocenters. The van der Waals surface area contributed by atoms with Crippen LogP contribution < -0.4 is 16.6 Å². The lowest BCUT2D eigenvalue weighted by atomic mass is 10.3. The monoisotopic (exact) mass is 279 g/mol. The number of carbonyl (C=O) groups is 1. The first kappa shape index (κ1) is 13.1. The minimum absolute atomic E-state index is 0.182. The van der Waals surface area contributed by atoms with E-state index in [0.717, 1.165) is 4.57 Å². The molecule has 0 bridgehead atoms. The van der Waals surface area contributed by atoms with Crippen LogP contribution in [0.4, 0.5) is 5.69 Å². The highest BCUT2D eigenvalue weighted by molar-refractivity contribution is 6.30. The molecule has 0 radical (unpaired) electrons. The highest BCUT2D eigenvalue weighted by atomic mass is 35.5. The summed E-state index contributed by atoms with van der Waals surface area (Å²) in [6.45, 7) is -0.182. The van der Waals surface area contributed by atoms with Gasteiger partial charge in [0.15, 0.2) is 0 Å². The molecule has 0 spiro atoms. The van der Waals surface area contributed by atoms with Gasteiger partial charge in [0.2, 0.25) is 5.91 Å². The summed E-state index contributed by atoms with van der Waals surface area (Å²) in [5.41, 5.74) is -0.551. The van der Waals surface area contributed by atoms with Gasteiger partial charge in [-0.05, 0) is 24.3 Å². The Bertz CT molecular complexity index is 703. The van der Waals surface area contributed by atoms with Gasteiger partial charge in [0.1, 0.15) is 6.54 Å². The standard InChI is InChI=1S/C12H10ClN3O3/c13-8-1-3-9(4-2-8)14-11(18)7-16-6-5-10(17)15-12(16)19/h1-6H,7H2,(H,14,18)(H,15,17,19). The van der Waals surface area contributed by atoms with Gasteiger partial charge in [0.25, 0.3) is 5.56 Å². The zero-order chi connectivity index (χ0) is 13.8. The first-order chi connectivity index (χ1) is 9.04. The lowest BCUT2D eigenvalue weighted by Gasteiger charge is -2.06. The highest BCUT2D eigenvalue weighted by Crippen LogP contribution is 2.13. The van der Waals surface area contributed by atoms with E-state index >= 15 is 0 Å². The summed E-state index contributed by atoms with van der Waals surface area (Å²) in [6.07, 6.45) is 1.27. The average molecular weight is 280 g/mol. The van der Waals surface area contributed by atoms with Crippen molar-refractivity contribution in [2.75, 3.05) is 5.32 Å². The number of nitrogens with one attached hydrogen (secondary N) is 2. The summed E-state index contributed by atoms with van der Waals surface area (Å²) in [7, 11) is 0. The Labute approximate surface area is 112 Å². The van der Waals surface area contributed by atoms with E-state index in [1.807, 2.05) is 0 Å². The van der Waals surface area contributed by atoms with E-state index < -0.39 is 11.2 Å². The maximum Gasteiger partial charge on any atom is 0.328 e. The molecule has 2 aromatic rings. The summed E-state index contributed by atoms with van der Waals surface area (Å²) in [5.74, 6) is -0.378. The number of rotatable bonds is 3. The number of hydrogen-bond donors (Lipinski definition) is 2. The number of nitrogens with zero attached hydrogens (tertiary/aromatic N) is 1. The van der Waals surface area contributed by atoms with Crippen LogP contribution in [0.2, 0.25) is 5.02 Å². The Balaban J connectivity index is 2.07. The Kier molecular flexibility index (Phi) is 3.82. The number of halogens is 1. The molecule has 98 valence electrons. The lowest BCUT2D eigenvalue weighted by Crippen LogP contribution is -2.32. The van der Waals surface area contributed by atoms with Crippen LogP contribution in [0, 0.1) is 0 Å². The quantitative estimate of drug-likeness (QED) is 0.873. The maximum atomic E-state index is 11.7. The summed E-state index contributed by atoms with van der Waals surface area (Å²) >= 11 is 5.72. The van der Waals surface area contributed by atoms with Crippen molar-refractivity contribution >= 4 is 23.2 Å². The van der Waals surface area contributed by atoms with E-state index in [1.54, 1.807) is 24.3 Å². The minimum atomic E-state index is -0.626. The van der Waals surface area contributed by atoms with Gasteiger partial charge in [0.05, 0.1) is 0 Å². The van der Waals surface area contributed by atoms with Crippen LogP contribution in [0.5, 0.6) is 0 Å². The van der Waals surface area contributed by atoms with Gasteiger partial charge < -0.3 is 5.32 Å². The van der Waals surface area contributed by atoms with Crippen LogP contribution in [-0.4, -0.2) is 15.5 Å². The van der Waals surface area contributed by atoms with Gasteiger partial charge in [0, 0.05) is 23.0 Å². The second-order valence-corrected chi connectivity index (χ2v) is 4.23. The summed E-state index contributed by atoms with van der Waals surface area (Å²) in [4.78, 5) is 36.0. The van der Waals surface area contributed by atoms with Crippen LogP contribution in [0.1, 0.15) is 0 Å². The maximum absolute atomic E-state index is 11.7. The van der Waals surface area contributed by atoms with Crippen molar-refractivity contribution in [2.45, 2.75) is 6.54 Å². The van der Waals surface area contributed by atoms with Crippen LogP contribution in [0.15, 0.2) is 46.1 Å². The van der Waals surface area contributed by atoms with Gasteiger partial charge in [-0.2, -0.15) is 0 Å². The number of anilines is 1. The van der Waals surface area contributed by atoms with Gasteiger partial charge in [-0.3, -0.25) is 19.1 Å². The number of aromatic nitrogens is 2. The van der Waals surface area contributed by atoms with E-state index in [2.05, 4.69) is 10.3 Å². The molecule has 1 heterocycles. The zero-order valence-corrected chi connectivity index (χ0v) is 10.5. The molecule has 0 fully saturated rings. The van der Waals surface area contributed by atoms with Crippen molar-refractivity contribution in [3.8, 4) is 0 Å². The normalized spacial score (nSPS) is 10.2. The topological polar surface area (TPSA) is 84.0 Å². The third-order valence-corrected chi connectivity index (χ3v) is 2.59. The summed E-state index contributed by atoms with van der Waals surface area (Å²) in [6, 6.07) is 7.76. The molecular formula is C12H10ClN3O3. The van der Waals surface area contributed by atoms with E-state index in [0.29, 0.717) is 10.7 Å². The SMILES string of the molecule is O=C(Cn1ccc(=O)[nH]c1=O)Nc1ccc(Cl)cc1. The molecule has 1 aromatic carbocycles. The average Bonchev–Trinajstić information content (AvgIpc) is 2.36. The molecular weight excluding hydrogens is 270 g/mol. The molecule has 0 saturated heterocycles. The van der Waals surface area contributed by atoms with E-state index in [-0.39, 0.29) is 12.5 Å². The second-order valence-electron chi connectivity index (χ2n) is 3.79. The van der Waals surface area contributed by atoms with Crippen molar-refractivity contribution in [3.05, 3.63) is 62.4 Å². The first-order valence-electron chi connectivity index (χ1n) is 5.40. The first-order valence-corrected chi connectivity index (χ1v) is 5.77. The molecule has 0 aliphatic rings. The fourth-order valence-electron chi connectivity index (χ4n) is 1.46. The van der Waals surface area contributed by atoms with Crippen LogP contribution in [0.25, 0.3) is 0 Å². The molecule has 6 nitrogen and oxygen atoms in total. The molecule has 2 N–H and O–H groups in total. The third-order valence-electron chi connectivity index (χ3n) is 2.34. The number of benzene rings is 1. The molecule has 1 amide bonds. The van der Waals surface area contributed by atoms with Crippen molar-refractivity contribution < 1.29 is 4.79 Å². The smallest absolute Gasteiger partial charge is 0.325 e. The van der Waals surface area contributed by atoms with Gasteiger partial charge >= 0.3 is 5.69 Å². The molecule has 1 aromatic heterocycles. The molecule has 2 rings (SSSR count). The van der Waals surface area contributed by atoms with Crippen molar-refractivity contribution in [1.82, 2.24) is 9.55 Å². The predicted octanol–water partition coefficient (Wildman–Crippen LogP) is 0.829. The fourth-order valence-corrected chi connectivity index (χ4v) is 1.58. The second kappa shape index (κ2) is 5.53. The van der Waals surface area contributed by atoms with Gasteiger partial charge in [-0.15, -0.1) is 0 Å². The zero-order valence-electron chi connectivity index (χ0n) is 9.72. The Hall–Kier alpha value is -2.34. The fraction of sp³-hybridized carbons (Fsp3) is 0.0833.